The first-order valence-corrected chi connectivity index (χ1v) is 15.5. The van der Waals surface area contributed by atoms with E-state index in [4.69, 9.17) is 15.3 Å². The summed E-state index contributed by atoms with van der Waals surface area (Å²) in [5.74, 6) is -0.385. The van der Waals surface area contributed by atoms with E-state index in [9.17, 15) is 25.6 Å². The average Bonchev–Trinajstić information content (AvgIpc) is 3.44. The molecule has 0 fully saturated rings. The maximum Gasteiger partial charge on any atom is 0.261 e. The Kier molecular flexibility index (Phi) is 8.02. The van der Waals surface area contributed by atoms with Crippen molar-refractivity contribution in [3.63, 3.8) is 0 Å². The summed E-state index contributed by atoms with van der Waals surface area (Å²) in [7, 11) is -7.45. The molecule has 0 radical (unpaired) electrons. The Morgan fingerprint density at radius 1 is 0.902 bits per heavy atom. The molecule has 5 aromatic rings. The summed E-state index contributed by atoms with van der Waals surface area (Å²) in [6.45, 7) is 4.93. The number of halogens is 2. The number of rotatable bonds is 5. The molecular formula is C27H27F2N5O5S2. The van der Waals surface area contributed by atoms with Gasteiger partial charge in [-0.1, -0.05) is 6.07 Å². The number of aromatic amines is 1. The van der Waals surface area contributed by atoms with Crippen LogP contribution in [0.5, 0.6) is 0 Å². The number of nitrogens with zero attached hydrogens (tertiary/aromatic N) is 3. The fraction of sp³-hybridized carbons (Fsp3) is 0.185. The Hall–Kier alpha value is -4.14. The molecule has 10 nitrogen and oxygen atoms in total. The molecule has 0 spiro atoms. The highest BCUT2D eigenvalue weighted by Crippen LogP contribution is 2.36. The Balaban J connectivity index is 0.000000714. The van der Waals surface area contributed by atoms with Gasteiger partial charge >= 0.3 is 0 Å². The standard InChI is InChI=1S/C26H23F2N5O2S.CH4O3S/c1-14(2)36(34,35)33-22-13-17(6-11-21(22)30-26(33)29)23-24(20-10-9-19(28)12-15(20)3)32-25(31-23)16-4-7-18(27)8-5-16;1-5(2,3)4/h4-14H,1-3H3,(H2,29,30)(H,31,32);1H3,(H,2,3,4). The molecule has 0 aliphatic heterocycles. The van der Waals surface area contributed by atoms with E-state index < -0.39 is 25.4 Å². The second-order valence-corrected chi connectivity index (χ2v) is 13.3. The van der Waals surface area contributed by atoms with Crippen molar-refractivity contribution in [3.8, 4) is 33.9 Å². The first-order chi connectivity index (χ1) is 19.1. The van der Waals surface area contributed by atoms with Crippen molar-refractivity contribution in [3.05, 3.63) is 77.9 Å². The van der Waals surface area contributed by atoms with E-state index in [-0.39, 0.29) is 17.6 Å². The SMILES string of the molecule is CS(=O)(=O)O.Cc1cc(F)ccc1-c1[nH]c(-c2ccc(F)cc2)nc1-c1ccc2nc(N)n(S(=O)(=O)C(C)C)c2c1. The van der Waals surface area contributed by atoms with Crippen LogP contribution in [0.4, 0.5) is 14.7 Å². The van der Waals surface area contributed by atoms with Gasteiger partial charge < -0.3 is 10.7 Å². The summed E-state index contributed by atoms with van der Waals surface area (Å²) < 4.78 is 80.3. The fourth-order valence-electron chi connectivity index (χ4n) is 4.13. The number of benzene rings is 3. The molecule has 14 heteroatoms. The maximum atomic E-state index is 13.9. The molecule has 2 heterocycles. The zero-order valence-electron chi connectivity index (χ0n) is 22.4. The quantitative estimate of drug-likeness (QED) is 0.236. The largest absolute Gasteiger partial charge is 0.368 e. The lowest BCUT2D eigenvalue weighted by atomic mass is 10.0. The Bertz CT molecular complexity index is 1960. The van der Waals surface area contributed by atoms with E-state index in [0.717, 1.165) is 9.54 Å². The molecule has 0 saturated heterocycles. The number of hydrogen-bond donors (Lipinski definition) is 3. The van der Waals surface area contributed by atoms with Crippen LogP contribution in [-0.4, -0.2) is 51.8 Å². The van der Waals surface area contributed by atoms with Gasteiger partial charge in [-0.15, -0.1) is 0 Å². The van der Waals surface area contributed by atoms with Gasteiger partial charge in [-0.05, 0) is 80.9 Å². The van der Waals surface area contributed by atoms with Gasteiger partial charge in [0.05, 0.1) is 33.9 Å². The minimum Gasteiger partial charge on any atom is -0.368 e. The lowest BCUT2D eigenvalue weighted by Crippen LogP contribution is -2.23. The van der Waals surface area contributed by atoms with Crippen molar-refractivity contribution in [2.24, 2.45) is 0 Å². The van der Waals surface area contributed by atoms with Crippen molar-refractivity contribution < 1.29 is 30.2 Å². The Morgan fingerprint density at radius 3 is 2.07 bits per heavy atom. The smallest absolute Gasteiger partial charge is 0.261 e. The number of imidazole rings is 2. The monoisotopic (exact) mass is 603 g/mol. The van der Waals surface area contributed by atoms with Gasteiger partial charge in [-0.3, -0.25) is 4.55 Å². The molecule has 0 aliphatic rings. The van der Waals surface area contributed by atoms with Crippen LogP contribution < -0.4 is 5.73 Å². The third kappa shape index (κ3) is 6.45. The number of fused-ring (bicyclic) bond motifs is 1. The summed E-state index contributed by atoms with van der Waals surface area (Å²) in [6.07, 6.45) is 0.715. The first-order valence-electron chi connectivity index (χ1n) is 12.1. The second-order valence-electron chi connectivity index (χ2n) is 9.54. The van der Waals surface area contributed by atoms with Crippen LogP contribution in [0.3, 0.4) is 0 Å². The van der Waals surface area contributed by atoms with E-state index in [1.54, 1.807) is 57.2 Å². The van der Waals surface area contributed by atoms with Crippen molar-refractivity contribution in [2.75, 3.05) is 12.0 Å². The van der Waals surface area contributed by atoms with Crippen LogP contribution in [-0.2, 0) is 20.1 Å². The average molecular weight is 604 g/mol. The molecule has 2 aromatic heterocycles. The number of aryl methyl sites for hydroxylation is 1. The molecule has 3 aromatic carbocycles. The van der Waals surface area contributed by atoms with Crippen LogP contribution in [0.25, 0.3) is 44.9 Å². The number of hydrogen-bond acceptors (Lipinski definition) is 7. The van der Waals surface area contributed by atoms with E-state index in [2.05, 4.69) is 9.97 Å². The highest BCUT2D eigenvalue weighted by Gasteiger charge is 2.25. The van der Waals surface area contributed by atoms with E-state index >= 15 is 0 Å². The summed E-state index contributed by atoms with van der Waals surface area (Å²) in [5.41, 5.74) is 10.5. The third-order valence-corrected chi connectivity index (χ3v) is 8.12. The van der Waals surface area contributed by atoms with Crippen molar-refractivity contribution in [1.29, 1.82) is 0 Å². The van der Waals surface area contributed by atoms with Gasteiger partial charge in [0.2, 0.25) is 16.0 Å². The minimum absolute atomic E-state index is 0.125. The van der Waals surface area contributed by atoms with Crippen LogP contribution in [0.1, 0.15) is 19.4 Å². The van der Waals surface area contributed by atoms with Gasteiger partial charge in [0.25, 0.3) is 10.1 Å². The second kappa shape index (κ2) is 11.0. The topological polar surface area (TPSA) is 161 Å². The molecule has 0 unspecified atom stereocenters. The highest BCUT2D eigenvalue weighted by molar-refractivity contribution is 7.90. The number of anilines is 1. The van der Waals surface area contributed by atoms with Gasteiger partial charge in [-0.2, -0.15) is 8.42 Å². The molecule has 0 bridgehead atoms. The van der Waals surface area contributed by atoms with Gasteiger partial charge in [0, 0.05) is 16.7 Å². The highest BCUT2D eigenvalue weighted by atomic mass is 32.2. The minimum atomic E-state index is -3.78. The zero-order chi connectivity index (χ0) is 30.3. The summed E-state index contributed by atoms with van der Waals surface area (Å²) >= 11 is 0. The van der Waals surface area contributed by atoms with Crippen molar-refractivity contribution in [2.45, 2.75) is 26.0 Å². The lowest BCUT2D eigenvalue weighted by Gasteiger charge is -2.11. The predicted octanol–water partition coefficient (Wildman–Crippen LogP) is 5.02. The third-order valence-electron chi connectivity index (χ3n) is 6.04. The molecule has 41 heavy (non-hydrogen) atoms. The first kappa shape index (κ1) is 29.8. The van der Waals surface area contributed by atoms with Crippen LogP contribution >= 0.6 is 0 Å². The fourth-order valence-corrected chi connectivity index (χ4v) is 5.27. The van der Waals surface area contributed by atoms with Gasteiger partial charge in [0.1, 0.15) is 17.5 Å². The molecule has 0 atom stereocenters. The number of nitrogens with two attached hydrogens (primary N) is 1. The van der Waals surface area contributed by atoms with Crippen LogP contribution in [0.15, 0.2) is 60.7 Å². The molecule has 216 valence electrons. The van der Waals surface area contributed by atoms with Gasteiger partial charge in [0.15, 0.2) is 0 Å². The Labute approximate surface area is 235 Å². The van der Waals surface area contributed by atoms with E-state index in [1.807, 2.05) is 0 Å². The number of H-pyrrole nitrogens is 1. The van der Waals surface area contributed by atoms with Crippen LogP contribution in [0, 0.1) is 18.6 Å². The maximum absolute atomic E-state index is 13.9. The summed E-state index contributed by atoms with van der Waals surface area (Å²) in [4.78, 5) is 12.3. The van der Waals surface area contributed by atoms with Gasteiger partial charge in [-0.25, -0.2) is 31.1 Å². The molecule has 0 amide bonds. The van der Waals surface area contributed by atoms with E-state index in [1.165, 1.54) is 24.3 Å². The summed E-state index contributed by atoms with van der Waals surface area (Å²) in [6, 6.07) is 15.4. The van der Waals surface area contributed by atoms with Crippen molar-refractivity contribution in [1.82, 2.24) is 18.9 Å². The normalized spacial score (nSPS) is 12.0. The van der Waals surface area contributed by atoms with Crippen molar-refractivity contribution >= 4 is 37.1 Å². The summed E-state index contributed by atoms with van der Waals surface area (Å²) in [5, 5.41) is -0.714. The predicted molar refractivity (Wildman–Crippen MR) is 154 cm³/mol. The lowest BCUT2D eigenvalue weighted by molar-refractivity contribution is 0.490. The molecule has 4 N–H and O–H groups in total. The van der Waals surface area contributed by atoms with E-state index in [0.29, 0.717) is 51.2 Å². The molecule has 0 saturated carbocycles. The zero-order valence-corrected chi connectivity index (χ0v) is 24.1. The molecular weight excluding hydrogens is 576 g/mol. The number of nitrogen functional groups attached to an aromatic ring is 1. The number of nitrogens with one attached hydrogen (secondary N) is 1. The number of aromatic nitrogens is 4. The van der Waals surface area contributed by atoms with Crippen LogP contribution in [0.2, 0.25) is 0 Å². The molecule has 5 rings (SSSR count). The molecule has 0 aliphatic carbocycles. The Morgan fingerprint density at radius 2 is 1.49 bits per heavy atom.